The highest BCUT2D eigenvalue weighted by Crippen LogP contribution is 2.39. The highest BCUT2D eigenvalue weighted by molar-refractivity contribution is 7.97. The fourth-order valence-corrected chi connectivity index (χ4v) is 5.86. The number of allylic oxidation sites excluding steroid dienone is 1. The Labute approximate surface area is 196 Å². The highest BCUT2D eigenvalue weighted by atomic mass is 32.2. The molecule has 3 aromatic rings. The molecule has 0 spiro atoms. The Balaban J connectivity index is 1.64. The van der Waals surface area contributed by atoms with E-state index in [2.05, 4.69) is 5.32 Å². The van der Waals surface area contributed by atoms with Crippen molar-refractivity contribution in [2.45, 2.75) is 20.4 Å². The molecule has 1 aromatic heterocycles. The first-order valence-electron chi connectivity index (χ1n) is 10.3. The van der Waals surface area contributed by atoms with Crippen LogP contribution in [-0.2, 0) is 21.3 Å². The molecule has 4 rings (SSSR count). The molecule has 170 valence electrons. The van der Waals surface area contributed by atoms with Crippen molar-refractivity contribution in [2.24, 2.45) is 0 Å². The van der Waals surface area contributed by atoms with Crippen LogP contribution in [0, 0.1) is 6.92 Å². The van der Waals surface area contributed by atoms with E-state index in [4.69, 9.17) is 4.74 Å². The van der Waals surface area contributed by atoms with Gasteiger partial charge in [-0.1, -0.05) is 29.8 Å². The van der Waals surface area contributed by atoms with Gasteiger partial charge in [-0.2, -0.15) is 0 Å². The molecule has 1 aliphatic heterocycles. The summed E-state index contributed by atoms with van der Waals surface area (Å²) >= 11 is 1.21. The van der Waals surface area contributed by atoms with Gasteiger partial charge < -0.3 is 10.1 Å². The maximum absolute atomic E-state index is 13.4. The second-order valence-corrected chi connectivity index (χ2v) is 10.2. The van der Waals surface area contributed by atoms with Crippen LogP contribution in [0.4, 0.5) is 11.4 Å². The van der Waals surface area contributed by atoms with E-state index >= 15 is 0 Å². The molecule has 7 nitrogen and oxygen atoms in total. The summed E-state index contributed by atoms with van der Waals surface area (Å²) in [7, 11) is -4.09. The Bertz CT molecular complexity index is 1320. The van der Waals surface area contributed by atoms with Gasteiger partial charge in [-0.15, -0.1) is 11.3 Å². The van der Waals surface area contributed by atoms with Crippen molar-refractivity contribution in [3.8, 4) is 0 Å². The van der Waals surface area contributed by atoms with E-state index in [1.807, 2.05) is 31.2 Å². The zero-order valence-electron chi connectivity index (χ0n) is 18.1. The molecule has 9 heteroatoms. The minimum atomic E-state index is -4.09. The van der Waals surface area contributed by atoms with Crippen LogP contribution in [0.5, 0.6) is 0 Å². The molecule has 0 atom stereocenters. The zero-order chi connectivity index (χ0) is 23.6. The lowest BCUT2D eigenvalue weighted by molar-refractivity contribution is 0.0526. The molecular weight excluding hydrogens is 460 g/mol. The summed E-state index contributed by atoms with van der Waals surface area (Å²) in [6.45, 7) is 4.07. The molecule has 0 bridgehead atoms. The molecule has 33 heavy (non-hydrogen) atoms. The number of fused-ring (bicyclic) bond motifs is 1. The maximum Gasteiger partial charge on any atom is 0.338 e. The van der Waals surface area contributed by atoms with Gasteiger partial charge in [0.15, 0.2) is 4.91 Å². The fraction of sp³-hybridized carbons (Fsp3) is 0.167. The highest BCUT2D eigenvalue weighted by Gasteiger charge is 2.41. The lowest BCUT2D eigenvalue weighted by Crippen LogP contribution is -2.38. The summed E-state index contributed by atoms with van der Waals surface area (Å²) in [6.07, 6.45) is 1.21. The molecule has 0 saturated heterocycles. The topological polar surface area (TPSA) is 92.8 Å². The summed E-state index contributed by atoms with van der Waals surface area (Å²) in [5.74, 6) is -0.986. The minimum Gasteiger partial charge on any atom is -0.462 e. The molecule has 0 radical (unpaired) electrons. The molecule has 0 unspecified atom stereocenters. The van der Waals surface area contributed by atoms with E-state index in [9.17, 15) is 18.0 Å². The number of Topliss-reactive ketones (excluding diaryl/α,β-unsaturated/α-hetero) is 1. The predicted octanol–water partition coefficient (Wildman–Crippen LogP) is 4.72. The maximum atomic E-state index is 13.4. The number of thiophene rings is 1. The Morgan fingerprint density at radius 3 is 2.45 bits per heavy atom. The van der Waals surface area contributed by atoms with Crippen molar-refractivity contribution >= 4 is 44.5 Å². The van der Waals surface area contributed by atoms with Gasteiger partial charge in [0.2, 0.25) is 5.78 Å². The van der Waals surface area contributed by atoms with Gasteiger partial charge >= 0.3 is 5.97 Å². The number of hydrogen-bond acceptors (Lipinski definition) is 7. The first kappa shape index (κ1) is 22.8. The number of carbonyl (C=O) groups is 2. The Morgan fingerprint density at radius 2 is 1.79 bits per heavy atom. The quantitative estimate of drug-likeness (QED) is 0.404. The number of aryl methyl sites for hydroxylation is 1. The van der Waals surface area contributed by atoms with Gasteiger partial charge in [-0.3, -0.25) is 9.10 Å². The van der Waals surface area contributed by atoms with Gasteiger partial charge in [0.05, 0.1) is 24.4 Å². The summed E-state index contributed by atoms with van der Waals surface area (Å²) in [6, 6.07) is 15.6. The SMILES string of the molecule is CCOC(=O)c1ccc(NC=C2C(=O)c3sccc3N(Cc3ccc(C)cc3)S2(=O)=O)cc1. The number of nitrogens with one attached hydrogen (secondary N) is 1. The standard InChI is InChI=1S/C24H22N2O5S2/c1-3-31-24(28)18-8-10-19(11-9-18)25-14-21-22(27)23-20(12-13-32-23)26(33(21,29)30)15-17-6-4-16(2)5-7-17/h4-14,25H,3,15H2,1-2H3. The van der Waals surface area contributed by atoms with Crippen LogP contribution in [0.25, 0.3) is 0 Å². The number of anilines is 2. The van der Waals surface area contributed by atoms with Crippen LogP contribution >= 0.6 is 11.3 Å². The van der Waals surface area contributed by atoms with Crippen molar-refractivity contribution in [3.05, 3.63) is 92.6 Å². The zero-order valence-corrected chi connectivity index (χ0v) is 19.7. The molecule has 0 amide bonds. The van der Waals surface area contributed by atoms with Gasteiger partial charge in [0, 0.05) is 11.9 Å². The van der Waals surface area contributed by atoms with Crippen LogP contribution in [0.1, 0.15) is 38.1 Å². The Morgan fingerprint density at radius 1 is 1.09 bits per heavy atom. The van der Waals surface area contributed by atoms with Gasteiger partial charge in [-0.25, -0.2) is 13.2 Å². The number of ether oxygens (including phenoxy) is 1. The van der Waals surface area contributed by atoms with E-state index in [1.54, 1.807) is 42.6 Å². The van der Waals surface area contributed by atoms with E-state index < -0.39 is 21.8 Å². The molecule has 2 heterocycles. The number of esters is 1. The van der Waals surface area contributed by atoms with Crippen LogP contribution in [0.15, 0.2) is 71.1 Å². The number of hydrogen-bond donors (Lipinski definition) is 1. The van der Waals surface area contributed by atoms with Crippen molar-refractivity contribution < 1.29 is 22.7 Å². The number of carbonyl (C=O) groups excluding carboxylic acids is 2. The van der Waals surface area contributed by atoms with Crippen LogP contribution in [0.3, 0.4) is 0 Å². The average Bonchev–Trinajstić information content (AvgIpc) is 3.28. The monoisotopic (exact) mass is 482 g/mol. The average molecular weight is 483 g/mol. The summed E-state index contributed by atoms with van der Waals surface area (Å²) in [5, 5.41) is 4.59. The minimum absolute atomic E-state index is 0.116. The Kier molecular flexibility index (Phi) is 6.35. The molecular formula is C24H22N2O5S2. The Hall–Kier alpha value is -3.43. The summed E-state index contributed by atoms with van der Waals surface area (Å²) in [4.78, 5) is 24.9. The second-order valence-electron chi connectivity index (χ2n) is 7.41. The first-order valence-corrected chi connectivity index (χ1v) is 12.6. The normalized spacial score (nSPS) is 15.9. The number of nitrogens with zero attached hydrogens (tertiary/aromatic N) is 1. The number of benzene rings is 2. The molecule has 2 aromatic carbocycles. The van der Waals surface area contributed by atoms with E-state index in [1.165, 1.54) is 21.8 Å². The summed E-state index contributed by atoms with van der Waals surface area (Å²) in [5.41, 5.74) is 3.19. The molecule has 1 N–H and O–H groups in total. The van der Waals surface area contributed by atoms with Crippen LogP contribution in [-0.4, -0.2) is 26.8 Å². The van der Waals surface area contributed by atoms with Gasteiger partial charge in [0.1, 0.15) is 4.88 Å². The predicted molar refractivity (Wildman–Crippen MR) is 129 cm³/mol. The smallest absolute Gasteiger partial charge is 0.338 e. The molecule has 0 saturated carbocycles. The third-order valence-corrected chi connectivity index (χ3v) is 7.79. The summed E-state index contributed by atoms with van der Waals surface area (Å²) < 4.78 is 33.1. The first-order chi connectivity index (χ1) is 15.8. The van der Waals surface area contributed by atoms with Crippen molar-refractivity contribution in [1.82, 2.24) is 0 Å². The lowest BCUT2D eigenvalue weighted by Gasteiger charge is -2.29. The third-order valence-electron chi connectivity index (χ3n) is 5.12. The van der Waals surface area contributed by atoms with Crippen molar-refractivity contribution in [2.75, 3.05) is 16.2 Å². The van der Waals surface area contributed by atoms with E-state index in [-0.39, 0.29) is 18.1 Å². The largest absolute Gasteiger partial charge is 0.462 e. The van der Waals surface area contributed by atoms with Gasteiger partial charge in [-0.05, 0) is 55.1 Å². The lowest BCUT2D eigenvalue weighted by atomic mass is 10.1. The number of ketones is 1. The van der Waals surface area contributed by atoms with E-state index in [0.717, 1.165) is 11.1 Å². The van der Waals surface area contributed by atoms with Crippen LogP contribution < -0.4 is 9.62 Å². The van der Waals surface area contributed by atoms with Crippen molar-refractivity contribution in [1.29, 1.82) is 0 Å². The number of sulfonamides is 1. The van der Waals surface area contributed by atoms with E-state index in [0.29, 0.717) is 21.8 Å². The molecule has 0 aliphatic carbocycles. The number of rotatable bonds is 6. The second kappa shape index (κ2) is 9.21. The molecule has 1 aliphatic rings. The third kappa shape index (κ3) is 4.55. The van der Waals surface area contributed by atoms with Crippen molar-refractivity contribution in [3.63, 3.8) is 0 Å². The van der Waals surface area contributed by atoms with Gasteiger partial charge in [0.25, 0.3) is 10.0 Å². The molecule has 0 fully saturated rings. The fourth-order valence-electron chi connectivity index (χ4n) is 3.38. The van der Waals surface area contributed by atoms with Crippen LogP contribution in [0.2, 0.25) is 0 Å².